The molecule has 0 fully saturated rings. The molecular formula is C21H20FNO2. The third-order valence-electron chi connectivity index (χ3n) is 4.26. The van der Waals surface area contributed by atoms with E-state index in [2.05, 4.69) is 16.7 Å². The zero-order valence-corrected chi connectivity index (χ0v) is 14.5. The molecule has 0 bridgehead atoms. The highest BCUT2D eigenvalue weighted by Crippen LogP contribution is 2.21. The number of aryl methyl sites for hydroxylation is 2. The fourth-order valence-corrected chi connectivity index (χ4v) is 2.85. The van der Waals surface area contributed by atoms with Gasteiger partial charge in [-0.1, -0.05) is 12.1 Å². The SMILES string of the molecule is Cc1ccc(C)n1-c1ccc(C(=O)O[C@H](C)c2ccc(F)cc2)cc1. The van der Waals surface area contributed by atoms with Gasteiger partial charge in [0, 0.05) is 17.1 Å². The van der Waals surface area contributed by atoms with E-state index in [1.165, 1.54) is 12.1 Å². The number of hydrogen-bond acceptors (Lipinski definition) is 2. The second kappa shape index (κ2) is 6.93. The first-order valence-electron chi connectivity index (χ1n) is 8.17. The molecule has 1 aromatic heterocycles. The van der Waals surface area contributed by atoms with E-state index < -0.39 is 12.1 Å². The molecule has 0 unspecified atom stereocenters. The van der Waals surface area contributed by atoms with Gasteiger partial charge >= 0.3 is 5.97 Å². The van der Waals surface area contributed by atoms with Crippen LogP contribution in [0.1, 0.15) is 40.3 Å². The monoisotopic (exact) mass is 337 g/mol. The van der Waals surface area contributed by atoms with E-state index in [-0.39, 0.29) is 5.82 Å². The van der Waals surface area contributed by atoms with Gasteiger partial charge < -0.3 is 9.30 Å². The first kappa shape index (κ1) is 17.0. The van der Waals surface area contributed by atoms with Gasteiger partial charge in [0.1, 0.15) is 11.9 Å². The molecule has 3 rings (SSSR count). The highest BCUT2D eigenvalue weighted by molar-refractivity contribution is 5.89. The van der Waals surface area contributed by atoms with Crippen molar-refractivity contribution in [2.75, 3.05) is 0 Å². The predicted octanol–water partition coefficient (Wildman–Crippen LogP) is 5.15. The van der Waals surface area contributed by atoms with Crippen molar-refractivity contribution in [3.63, 3.8) is 0 Å². The lowest BCUT2D eigenvalue weighted by molar-refractivity contribution is 0.0338. The topological polar surface area (TPSA) is 31.2 Å². The van der Waals surface area contributed by atoms with Crippen molar-refractivity contribution in [1.82, 2.24) is 4.57 Å². The van der Waals surface area contributed by atoms with Gasteiger partial charge in [0.05, 0.1) is 5.56 Å². The molecule has 25 heavy (non-hydrogen) atoms. The summed E-state index contributed by atoms with van der Waals surface area (Å²) in [5.41, 5.74) is 4.52. The van der Waals surface area contributed by atoms with Crippen LogP contribution >= 0.6 is 0 Å². The average molecular weight is 337 g/mol. The van der Waals surface area contributed by atoms with Crippen LogP contribution in [0.3, 0.4) is 0 Å². The minimum Gasteiger partial charge on any atom is -0.454 e. The van der Waals surface area contributed by atoms with Crippen LogP contribution in [-0.4, -0.2) is 10.5 Å². The highest BCUT2D eigenvalue weighted by atomic mass is 19.1. The summed E-state index contributed by atoms with van der Waals surface area (Å²) in [6.45, 7) is 5.85. The molecule has 1 atom stereocenters. The van der Waals surface area contributed by atoms with Crippen molar-refractivity contribution in [2.45, 2.75) is 26.9 Å². The van der Waals surface area contributed by atoms with Crippen molar-refractivity contribution in [3.8, 4) is 5.69 Å². The fourth-order valence-electron chi connectivity index (χ4n) is 2.85. The molecule has 0 saturated carbocycles. The van der Waals surface area contributed by atoms with Gasteiger partial charge in [0.2, 0.25) is 0 Å². The number of rotatable bonds is 4. The number of ether oxygens (including phenoxy) is 1. The minimum atomic E-state index is -0.443. The summed E-state index contributed by atoms with van der Waals surface area (Å²) >= 11 is 0. The number of hydrogen-bond donors (Lipinski definition) is 0. The number of esters is 1. The summed E-state index contributed by atoms with van der Waals surface area (Å²) in [5.74, 6) is -0.710. The quantitative estimate of drug-likeness (QED) is 0.616. The van der Waals surface area contributed by atoms with Crippen molar-refractivity contribution in [3.05, 3.63) is 89.0 Å². The maximum atomic E-state index is 13.0. The number of benzene rings is 2. The number of nitrogens with zero attached hydrogens (tertiary/aromatic N) is 1. The Bertz CT molecular complexity index is 860. The summed E-state index contributed by atoms with van der Waals surface area (Å²) in [7, 11) is 0. The second-order valence-corrected chi connectivity index (χ2v) is 6.10. The Morgan fingerprint density at radius 3 is 2.04 bits per heavy atom. The minimum absolute atomic E-state index is 0.312. The number of halogens is 1. The third kappa shape index (κ3) is 3.63. The van der Waals surface area contributed by atoms with E-state index in [1.807, 2.05) is 26.0 Å². The maximum absolute atomic E-state index is 13.0. The summed E-state index contributed by atoms with van der Waals surface area (Å²) in [6, 6.07) is 17.4. The molecule has 0 aliphatic heterocycles. The van der Waals surface area contributed by atoms with E-state index >= 15 is 0 Å². The molecular weight excluding hydrogens is 317 g/mol. The molecule has 0 saturated heterocycles. The number of carbonyl (C=O) groups is 1. The van der Waals surface area contributed by atoms with Gasteiger partial charge in [-0.05, 0) is 74.9 Å². The molecule has 3 aromatic rings. The lowest BCUT2D eigenvalue weighted by atomic mass is 10.1. The van der Waals surface area contributed by atoms with Gasteiger partial charge in [-0.15, -0.1) is 0 Å². The summed E-state index contributed by atoms with van der Waals surface area (Å²) in [6.07, 6.45) is -0.443. The standard InChI is InChI=1S/C21H20FNO2/c1-14-4-5-15(2)23(14)20-12-8-18(9-13-20)21(24)25-16(3)17-6-10-19(22)11-7-17/h4-13,16H,1-3H3/t16-/m1/s1. The van der Waals surface area contributed by atoms with Crippen LogP contribution in [0.2, 0.25) is 0 Å². The van der Waals surface area contributed by atoms with E-state index in [0.717, 1.165) is 22.6 Å². The molecule has 4 heteroatoms. The largest absolute Gasteiger partial charge is 0.454 e. The third-order valence-corrected chi connectivity index (χ3v) is 4.26. The van der Waals surface area contributed by atoms with Gasteiger partial charge in [0.15, 0.2) is 0 Å². The first-order chi connectivity index (χ1) is 12.0. The van der Waals surface area contributed by atoms with Gasteiger partial charge in [-0.25, -0.2) is 9.18 Å². The predicted molar refractivity (Wildman–Crippen MR) is 95.5 cm³/mol. The van der Waals surface area contributed by atoms with Crippen LogP contribution < -0.4 is 0 Å². The van der Waals surface area contributed by atoms with E-state index in [4.69, 9.17) is 4.74 Å². The Morgan fingerprint density at radius 1 is 0.920 bits per heavy atom. The lowest BCUT2D eigenvalue weighted by Crippen LogP contribution is -2.09. The van der Waals surface area contributed by atoms with E-state index in [1.54, 1.807) is 31.2 Å². The summed E-state index contributed by atoms with van der Waals surface area (Å²) in [5, 5.41) is 0. The molecule has 3 nitrogen and oxygen atoms in total. The Labute approximate surface area is 146 Å². The highest BCUT2D eigenvalue weighted by Gasteiger charge is 2.14. The molecule has 128 valence electrons. The normalized spacial score (nSPS) is 12.0. The van der Waals surface area contributed by atoms with Crippen LogP contribution in [0.25, 0.3) is 5.69 Å². The Morgan fingerprint density at radius 2 is 1.48 bits per heavy atom. The Balaban J connectivity index is 1.73. The molecule has 0 N–H and O–H groups in total. The van der Waals surface area contributed by atoms with Crippen LogP contribution in [0.5, 0.6) is 0 Å². The van der Waals surface area contributed by atoms with E-state index in [9.17, 15) is 9.18 Å². The zero-order valence-electron chi connectivity index (χ0n) is 14.5. The molecule has 0 spiro atoms. The van der Waals surface area contributed by atoms with Gasteiger partial charge in [-0.2, -0.15) is 0 Å². The summed E-state index contributed by atoms with van der Waals surface area (Å²) in [4.78, 5) is 12.3. The Hall–Kier alpha value is -2.88. The number of carbonyl (C=O) groups excluding carboxylic acids is 1. The van der Waals surface area contributed by atoms with Crippen molar-refractivity contribution < 1.29 is 13.9 Å². The second-order valence-electron chi connectivity index (χ2n) is 6.10. The van der Waals surface area contributed by atoms with Crippen molar-refractivity contribution >= 4 is 5.97 Å². The van der Waals surface area contributed by atoms with Crippen LogP contribution in [0.15, 0.2) is 60.7 Å². The Kier molecular flexibility index (Phi) is 4.70. The summed E-state index contributed by atoms with van der Waals surface area (Å²) < 4.78 is 20.6. The fraction of sp³-hybridized carbons (Fsp3) is 0.190. The van der Waals surface area contributed by atoms with Gasteiger partial charge in [-0.3, -0.25) is 0 Å². The van der Waals surface area contributed by atoms with Crippen LogP contribution in [0.4, 0.5) is 4.39 Å². The van der Waals surface area contributed by atoms with Crippen molar-refractivity contribution in [1.29, 1.82) is 0 Å². The molecule has 0 aliphatic rings. The lowest BCUT2D eigenvalue weighted by Gasteiger charge is -2.14. The maximum Gasteiger partial charge on any atom is 0.338 e. The molecule has 2 aromatic carbocycles. The molecule has 0 aliphatic carbocycles. The van der Waals surface area contributed by atoms with Crippen molar-refractivity contribution in [2.24, 2.45) is 0 Å². The number of aromatic nitrogens is 1. The zero-order chi connectivity index (χ0) is 18.0. The van der Waals surface area contributed by atoms with E-state index in [0.29, 0.717) is 5.56 Å². The molecule has 0 amide bonds. The van der Waals surface area contributed by atoms with Crippen LogP contribution in [0, 0.1) is 19.7 Å². The molecule has 1 heterocycles. The van der Waals surface area contributed by atoms with Gasteiger partial charge in [0.25, 0.3) is 0 Å². The molecule has 0 radical (unpaired) electrons. The average Bonchev–Trinajstić information content (AvgIpc) is 2.94. The smallest absolute Gasteiger partial charge is 0.338 e. The first-order valence-corrected chi connectivity index (χ1v) is 8.17. The van der Waals surface area contributed by atoms with Crippen LogP contribution in [-0.2, 0) is 4.74 Å².